The number of anilines is 1. The van der Waals surface area contributed by atoms with Crippen LogP contribution in [0.2, 0.25) is 0 Å². The summed E-state index contributed by atoms with van der Waals surface area (Å²) in [5, 5.41) is 0.969. The standard InChI is InChI=1S/C20H19FN2O3S2/c1-14(28(2,25)26)19(24)23(12-15-6-4-3-5-7-15)20-22-18(13-27-20)16-8-10-17(21)11-9-16/h3-11,13-14H,12H2,1-2H3. The van der Waals surface area contributed by atoms with E-state index in [1.165, 1.54) is 35.3 Å². The minimum atomic E-state index is -3.55. The van der Waals surface area contributed by atoms with E-state index in [1.807, 2.05) is 30.3 Å². The number of thiazole rings is 1. The fourth-order valence-corrected chi connectivity index (χ4v) is 3.88. The number of rotatable bonds is 6. The average Bonchev–Trinajstić information content (AvgIpc) is 3.15. The Hall–Kier alpha value is -2.58. The predicted molar refractivity (Wildman–Crippen MR) is 109 cm³/mol. The van der Waals surface area contributed by atoms with Gasteiger partial charge in [-0.1, -0.05) is 30.3 Å². The highest BCUT2D eigenvalue weighted by Crippen LogP contribution is 2.29. The maximum absolute atomic E-state index is 13.2. The quantitative estimate of drug-likeness (QED) is 0.609. The maximum Gasteiger partial charge on any atom is 0.247 e. The molecule has 0 aliphatic heterocycles. The highest BCUT2D eigenvalue weighted by atomic mass is 32.2. The summed E-state index contributed by atoms with van der Waals surface area (Å²) >= 11 is 1.24. The summed E-state index contributed by atoms with van der Waals surface area (Å²) in [5.74, 6) is -0.881. The molecule has 1 atom stereocenters. The number of hydrogen-bond donors (Lipinski definition) is 0. The van der Waals surface area contributed by atoms with Gasteiger partial charge in [0.05, 0.1) is 12.2 Å². The molecule has 1 aromatic heterocycles. The molecule has 5 nitrogen and oxygen atoms in total. The first kappa shape index (κ1) is 20.2. The van der Waals surface area contributed by atoms with Crippen LogP contribution in [-0.4, -0.2) is 30.8 Å². The number of sulfone groups is 1. The monoisotopic (exact) mass is 418 g/mol. The van der Waals surface area contributed by atoms with Crippen molar-refractivity contribution in [1.29, 1.82) is 0 Å². The molecule has 1 amide bonds. The van der Waals surface area contributed by atoms with Gasteiger partial charge in [0.2, 0.25) is 5.91 Å². The van der Waals surface area contributed by atoms with Crippen LogP contribution in [-0.2, 0) is 21.2 Å². The number of nitrogens with zero attached hydrogens (tertiary/aromatic N) is 2. The van der Waals surface area contributed by atoms with Crippen molar-refractivity contribution < 1.29 is 17.6 Å². The van der Waals surface area contributed by atoms with E-state index < -0.39 is 21.0 Å². The Labute approximate surface area is 167 Å². The van der Waals surface area contributed by atoms with Crippen LogP contribution in [0.15, 0.2) is 60.0 Å². The van der Waals surface area contributed by atoms with Crippen molar-refractivity contribution >= 4 is 32.2 Å². The van der Waals surface area contributed by atoms with Gasteiger partial charge in [0.15, 0.2) is 15.0 Å². The zero-order chi connectivity index (χ0) is 20.3. The van der Waals surface area contributed by atoms with Crippen LogP contribution < -0.4 is 4.90 Å². The van der Waals surface area contributed by atoms with Crippen LogP contribution in [0.5, 0.6) is 0 Å². The molecular weight excluding hydrogens is 399 g/mol. The third-order valence-electron chi connectivity index (χ3n) is 4.30. The van der Waals surface area contributed by atoms with Gasteiger partial charge in [-0.3, -0.25) is 9.69 Å². The van der Waals surface area contributed by atoms with Crippen LogP contribution in [0.1, 0.15) is 12.5 Å². The number of benzene rings is 2. The lowest BCUT2D eigenvalue weighted by Crippen LogP contribution is -2.41. The number of hydrogen-bond acceptors (Lipinski definition) is 5. The average molecular weight is 419 g/mol. The maximum atomic E-state index is 13.2. The summed E-state index contributed by atoms with van der Waals surface area (Å²) in [6.07, 6.45) is 1.04. The summed E-state index contributed by atoms with van der Waals surface area (Å²) < 4.78 is 37.0. The molecule has 28 heavy (non-hydrogen) atoms. The van der Waals surface area contributed by atoms with Gasteiger partial charge in [-0.05, 0) is 36.8 Å². The lowest BCUT2D eigenvalue weighted by Gasteiger charge is -2.23. The van der Waals surface area contributed by atoms with Crippen LogP contribution in [0.4, 0.5) is 9.52 Å². The third-order valence-corrected chi connectivity index (χ3v) is 6.65. The first-order valence-corrected chi connectivity index (χ1v) is 11.3. The largest absolute Gasteiger partial charge is 0.282 e. The van der Waals surface area contributed by atoms with E-state index in [9.17, 15) is 17.6 Å². The van der Waals surface area contributed by atoms with Crippen molar-refractivity contribution in [1.82, 2.24) is 4.98 Å². The molecule has 3 aromatic rings. The van der Waals surface area contributed by atoms with Crippen molar-refractivity contribution in [2.45, 2.75) is 18.7 Å². The van der Waals surface area contributed by atoms with Gasteiger partial charge >= 0.3 is 0 Å². The Balaban J connectivity index is 1.97. The van der Waals surface area contributed by atoms with Crippen molar-refractivity contribution in [3.63, 3.8) is 0 Å². The van der Waals surface area contributed by atoms with E-state index in [-0.39, 0.29) is 12.4 Å². The highest BCUT2D eigenvalue weighted by Gasteiger charge is 2.31. The van der Waals surface area contributed by atoms with Gasteiger partial charge in [-0.25, -0.2) is 17.8 Å². The Morgan fingerprint density at radius 3 is 2.39 bits per heavy atom. The summed E-state index contributed by atoms with van der Waals surface area (Å²) in [6, 6.07) is 15.2. The fraction of sp³-hybridized carbons (Fsp3) is 0.200. The molecule has 8 heteroatoms. The molecule has 0 bridgehead atoms. The summed E-state index contributed by atoms with van der Waals surface area (Å²) in [7, 11) is -3.55. The molecule has 2 aromatic carbocycles. The number of halogens is 1. The predicted octanol–water partition coefficient (Wildman–Crippen LogP) is 3.92. The SMILES string of the molecule is CC(C(=O)N(Cc1ccccc1)c1nc(-c2ccc(F)cc2)cs1)S(C)(=O)=O. The molecule has 0 aliphatic rings. The normalized spacial score (nSPS) is 12.5. The summed E-state index contributed by atoms with van der Waals surface area (Å²) in [6.45, 7) is 1.58. The van der Waals surface area contributed by atoms with Crippen molar-refractivity contribution in [2.75, 3.05) is 11.2 Å². The van der Waals surface area contributed by atoms with Gasteiger partial charge in [0, 0.05) is 17.2 Å². The molecule has 146 valence electrons. The highest BCUT2D eigenvalue weighted by molar-refractivity contribution is 7.92. The van der Waals surface area contributed by atoms with Crippen molar-refractivity contribution in [2.24, 2.45) is 0 Å². The first-order valence-electron chi connectivity index (χ1n) is 8.51. The smallest absolute Gasteiger partial charge is 0.247 e. The lowest BCUT2D eigenvalue weighted by atomic mass is 10.2. The summed E-state index contributed by atoms with van der Waals surface area (Å²) in [5.41, 5.74) is 2.17. The topological polar surface area (TPSA) is 67.3 Å². The van der Waals surface area contributed by atoms with E-state index >= 15 is 0 Å². The molecular formula is C20H19FN2O3S2. The van der Waals surface area contributed by atoms with Gasteiger partial charge in [-0.2, -0.15) is 0 Å². The molecule has 0 saturated carbocycles. The lowest BCUT2D eigenvalue weighted by molar-refractivity contribution is -0.118. The van der Waals surface area contributed by atoms with Crippen LogP contribution in [0.3, 0.4) is 0 Å². The first-order chi connectivity index (χ1) is 13.3. The van der Waals surface area contributed by atoms with Gasteiger partial charge in [0.25, 0.3) is 0 Å². The van der Waals surface area contributed by atoms with Gasteiger partial charge in [0.1, 0.15) is 11.1 Å². The fourth-order valence-electron chi connectivity index (χ4n) is 2.55. The number of carbonyl (C=O) groups is 1. The van der Waals surface area contributed by atoms with Crippen LogP contribution >= 0.6 is 11.3 Å². The van der Waals surface area contributed by atoms with Crippen molar-refractivity contribution in [3.8, 4) is 11.3 Å². The molecule has 1 heterocycles. The number of aromatic nitrogens is 1. The second-order valence-electron chi connectivity index (χ2n) is 6.40. The molecule has 0 N–H and O–H groups in total. The molecule has 0 radical (unpaired) electrons. The third kappa shape index (κ3) is 4.63. The Bertz CT molecular complexity index is 1060. The van der Waals surface area contributed by atoms with E-state index in [1.54, 1.807) is 17.5 Å². The number of amides is 1. The van der Waals surface area contributed by atoms with E-state index in [4.69, 9.17) is 0 Å². The summed E-state index contributed by atoms with van der Waals surface area (Å²) in [4.78, 5) is 18.8. The second-order valence-corrected chi connectivity index (χ2v) is 9.61. The zero-order valence-electron chi connectivity index (χ0n) is 15.4. The molecule has 3 rings (SSSR count). The molecule has 1 unspecified atom stereocenters. The van der Waals surface area contributed by atoms with E-state index in [0.29, 0.717) is 16.4 Å². The minimum absolute atomic E-state index is 0.204. The molecule has 0 aliphatic carbocycles. The Morgan fingerprint density at radius 2 is 1.79 bits per heavy atom. The molecule has 0 fully saturated rings. The van der Waals surface area contributed by atoms with Crippen molar-refractivity contribution in [3.05, 3.63) is 71.4 Å². The number of carbonyl (C=O) groups excluding carboxylic acids is 1. The Kier molecular flexibility index (Phi) is 5.90. The van der Waals surface area contributed by atoms with E-state index in [2.05, 4.69) is 4.98 Å². The minimum Gasteiger partial charge on any atom is -0.282 e. The molecule has 0 spiro atoms. The van der Waals surface area contributed by atoms with E-state index in [0.717, 1.165) is 11.8 Å². The Morgan fingerprint density at radius 1 is 1.14 bits per heavy atom. The van der Waals surface area contributed by atoms with Gasteiger partial charge in [-0.15, -0.1) is 11.3 Å². The zero-order valence-corrected chi connectivity index (χ0v) is 17.0. The molecule has 0 saturated heterocycles. The van der Waals surface area contributed by atoms with Crippen LogP contribution in [0.25, 0.3) is 11.3 Å². The second kappa shape index (κ2) is 8.20. The van der Waals surface area contributed by atoms with Crippen LogP contribution in [0, 0.1) is 5.82 Å². The van der Waals surface area contributed by atoms with Gasteiger partial charge < -0.3 is 0 Å².